The molecular weight excluding hydrogens is 539 g/mol. The number of hydrogen-bond donors (Lipinski definition) is 0. The molecule has 1 heterocycles. The zero-order chi connectivity index (χ0) is 28.3. The number of piperidine rings is 1. The smallest absolute Gasteiger partial charge is 0.229 e. The fourth-order valence-corrected chi connectivity index (χ4v) is 7.31. The van der Waals surface area contributed by atoms with E-state index in [0.717, 1.165) is 11.1 Å². The molecule has 0 unspecified atom stereocenters. The van der Waals surface area contributed by atoms with E-state index in [1.54, 1.807) is 19.9 Å². The Hall–Kier alpha value is -1.86. The minimum atomic E-state index is -3.50. The van der Waals surface area contributed by atoms with E-state index in [0.29, 0.717) is 35.9 Å². The summed E-state index contributed by atoms with van der Waals surface area (Å²) in [5.74, 6) is -0.0520. The summed E-state index contributed by atoms with van der Waals surface area (Å²) in [6.45, 7) is 13.8. The molecule has 0 spiro atoms. The van der Waals surface area contributed by atoms with Crippen molar-refractivity contribution in [2.45, 2.75) is 77.1 Å². The summed E-state index contributed by atoms with van der Waals surface area (Å²) < 4.78 is 27.9. The molecule has 0 aromatic heterocycles. The topological polar surface area (TPSA) is 57.7 Å². The molecule has 1 fully saturated rings. The summed E-state index contributed by atoms with van der Waals surface area (Å²) >= 11 is 12.7. The summed E-state index contributed by atoms with van der Waals surface area (Å²) in [5, 5.41) is 0.707. The number of nitrogens with zero attached hydrogens (tertiary/aromatic N) is 2. The van der Waals surface area contributed by atoms with Crippen molar-refractivity contribution < 1.29 is 13.2 Å². The van der Waals surface area contributed by atoms with E-state index in [1.165, 1.54) is 4.31 Å². The Balaban J connectivity index is 2.23. The zero-order valence-electron chi connectivity index (χ0n) is 23.0. The van der Waals surface area contributed by atoms with Gasteiger partial charge in [0.2, 0.25) is 15.9 Å². The van der Waals surface area contributed by atoms with Crippen LogP contribution in [0.1, 0.15) is 77.0 Å². The number of sulfonamides is 1. The quantitative estimate of drug-likeness (QED) is 0.260. The lowest BCUT2D eigenvalue weighted by atomic mass is 9.67. The molecule has 2 aromatic carbocycles. The first-order valence-electron chi connectivity index (χ1n) is 13.3. The number of rotatable bonds is 11. The van der Waals surface area contributed by atoms with Crippen molar-refractivity contribution >= 4 is 39.1 Å². The van der Waals surface area contributed by atoms with Crippen LogP contribution in [0.25, 0.3) is 0 Å². The summed E-state index contributed by atoms with van der Waals surface area (Å²) in [7, 11) is -3.50. The van der Waals surface area contributed by atoms with Crippen molar-refractivity contribution in [3.63, 3.8) is 0 Å². The third kappa shape index (κ3) is 6.30. The van der Waals surface area contributed by atoms with Gasteiger partial charge in [0.25, 0.3) is 0 Å². The number of carbonyl (C=O) groups is 1. The Morgan fingerprint density at radius 1 is 1.11 bits per heavy atom. The summed E-state index contributed by atoms with van der Waals surface area (Å²) in [5.41, 5.74) is 1.31. The number of allylic oxidation sites excluding steroid dienone is 1. The molecule has 38 heavy (non-hydrogen) atoms. The van der Waals surface area contributed by atoms with Gasteiger partial charge in [0.05, 0.1) is 16.7 Å². The standard InChI is InChI=1S/C30H40Cl2N2O3S/c1-7-17-30(6)19-27(23-11-10-12-25(32)18-23)28(22-13-15-24(31)16-14-22)34(29(30)35)26(8-2)20-33(9-3)38(36,37)21(4)5/h7,10-16,18,21,26-28H,1,8-9,17,19-20H2,2-6H3/t26-,27-,28-,30+/m1/s1. The molecule has 4 atom stereocenters. The number of likely N-dealkylation sites (tertiary alicyclic amines) is 1. The molecule has 1 amide bonds. The van der Waals surface area contributed by atoms with E-state index in [1.807, 2.05) is 68.1 Å². The van der Waals surface area contributed by atoms with Crippen molar-refractivity contribution in [3.8, 4) is 0 Å². The van der Waals surface area contributed by atoms with Gasteiger partial charge in [0, 0.05) is 35.1 Å². The number of benzene rings is 2. The fourth-order valence-electron chi connectivity index (χ4n) is 5.65. The lowest BCUT2D eigenvalue weighted by Crippen LogP contribution is -2.58. The van der Waals surface area contributed by atoms with Crippen LogP contribution >= 0.6 is 23.2 Å². The van der Waals surface area contributed by atoms with Crippen molar-refractivity contribution in [2.24, 2.45) is 5.41 Å². The number of halogens is 2. The summed E-state index contributed by atoms with van der Waals surface area (Å²) in [6, 6.07) is 14.8. The van der Waals surface area contributed by atoms with Crippen LogP contribution in [-0.2, 0) is 14.8 Å². The van der Waals surface area contributed by atoms with Crippen LogP contribution in [0.4, 0.5) is 0 Å². The van der Waals surface area contributed by atoms with Crippen molar-refractivity contribution in [3.05, 3.63) is 82.4 Å². The highest BCUT2D eigenvalue weighted by Crippen LogP contribution is 2.52. The number of amides is 1. The highest BCUT2D eigenvalue weighted by atomic mass is 35.5. The van der Waals surface area contributed by atoms with Crippen LogP contribution in [0.5, 0.6) is 0 Å². The van der Waals surface area contributed by atoms with Gasteiger partial charge in [-0.3, -0.25) is 4.79 Å². The molecule has 0 bridgehead atoms. The maximum absolute atomic E-state index is 14.4. The van der Waals surface area contributed by atoms with Gasteiger partial charge < -0.3 is 4.90 Å². The van der Waals surface area contributed by atoms with Gasteiger partial charge in [-0.2, -0.15) is 4.31 Å². The number of carbonyl (C=O) groups excluding carboxylic acids is 1. The first-order valence-corrected chi connectivity index (χ1v) is 15.6. The molecule has 0 aliphatic carbocycles. The maximum Gasteiger partial charge on any atom is 0.229 e. The van der Waals surface area contributed by atoms with Crippen molar-refractivity contribution in [2.75, 3.05) is 13.1 Å². The first-order chi connectivity index (χ1) is 17.9. The number of likely N-dealkylation sites (N-methyl/N-ethyl adjacent to an activating group) is 1. The van der Waals surface area contributed by atoms with Crippen LogP contribution in [0.2, 0.25) is 10.0 Å². The Morgan fingerprint density at radius 3 is 2.29 bits per heavy atom. The third-order valence-electron chi connectivity index (χ3n) is 7.77. The zero-order valence-corrected chi connectivity index (χ0v) is 25.4. The minimum absolute atomic E-state index is 0.0143. The fraction of sp³-hybridized carbons (Fsp3) is 0.500. The predicted molar refractivity (Wildman–Crippen MR) is 158 cm³/mol. The van der Waals surface area contributed by atoms with Gasteiger partial charge in [-0.25, -0.2) is 8.42 Å². The van der Waals surface area contributed by atoms with E-state index in [2.05, 4.69) is 12.6 Å². The van der Waals surface area contributed by atoms with E-state index >= 15 is 0 Å². The van der Waals surface area contributed by atoms with Gasteiger partial charge in [-0.15, -0.1) is 6.58 Å². The van der Waals surface area contributed by atoms with Gasteiger partial charge in [0.15, 0.2) is 0 Å². The SMILES string of the molecule is C=CC[C@@]1(C)C[C@H](c2cccc(Cl)c2)[C@@H](c2ccc(Cl)cc2)N([C@H](CC)CN(CC)S(=O)(=O)C(C)C)C1=O. The average Bonchev–Trinajstić information content (AvgIpc) is 2.87. The van der Waals surface area contributed by atoms with Gasteiger partial charge in [-0.05, 0) is 68.5 Å². The van der Waals surface area contributed by atoms with Crippen LogP contribution in [-0.4, -0.2) is 47.9 Å². The third-order valence-corrected chi connectivity index (χ3v) is 10.6. The Morgan fingerprint density at radius 2 is 1.76 bits per heavy atom. The highest BCUT2D eigenvalue weighted by molar-refractivity contribution is 7.89. The molecule has 0 N–H and O–H groups in total. The second-order valence-electron chi connectivity index (χ2n) is 10.7. The van der Waals surface area contributed by atoms with E-state index < -0.39 is 20.7 Å². The van der Waals surface area contributed by atoms with Gasteiger partial charge >= 0.3 is 0 Å². The van der Waals surface area contributed by atoms with Crippen LogP contribution < -0.4 is 0 Å². The van der Waals surface area contributed by atoms with Gasteiger partial charge in [0.1, 0.15) is 0 Å². The highest BCUT2D eigenvalue weighted by Gasteiger charge is 2.51. The maximum atomic E-state index is 14.4. The van der Waals surface area contributed by atoms with Crippen LogP contribution in [0.3, 0.4) is 0 Å². The van der Waals surface area contributed by atoms with Crippen LogP contribution in [0.15, 0.2) is 61.2 Å². The van der Waals surface area contributed by atoms with E-state index in [9.17, 15) is 13.2 Å². The lowest BCUT2D eigenvalue weighted by molar-refractivity contribution is -0.154. The average molecular weight is 580 g/mol. The molecule has 0 saturated carbocycles. The van der Waals surface area contributed by atoms with Crippen molar-refractivity contribution in [1.29, 1.82) is 0 Å². The minimum Gasteiger partial charge on any atom is -0.330 e. The number of hydrogen-bond acceptors (Lipinski definition) is 3. The molecular formula is C30H40Cl2N2O3S. The second kappa shape index (κ2) is 12.5. The molecule has 3 rings (SSSR count). The molecule has 5 nitrogen and oxygen atoms in total. The molecule has 1 aliphatic heterocycles. The predicted octanol–water partition coefficient (Wildman–Crippen LogP) is 7.47. The summed E-state index contributed by atoms with van der Waals surface area (Å²) in [4.78, 5) is 16.4. The Kier molecular flexibility index (Phi) is 10.1. The molecule has 1 saturated heterocycles. The molecule has 0 radical (unpaired) electrons. The Labute approximate surface area is 238 Å². The Bertz CT molecular complexity index is 1230. The molecule has 1 aliphatic rings. The monoisotopic (exact) mass is 578 g/mol. The molecule has 8 heteroatoms. The van der Waals surface area contributed by atoms with E-state index in [-0.39, 0.29) is 30.5 Å². The van der Waals surface area contributed by atoms with Crippen LogP contribution in [0, 0.1) is 5.41 Å². The lowest BCUT2D eigenvalue weighted by Gasteiger charge is -2.52. The normalized spacial score (nSPS) is 23.2. The molecule has 2 aromatic rings. The van der Waals surface area contributed by atoms with E-state index in [4.69, 9.17) is 23.2 Å². The first kappa shape index (κ1) is 30.7. The van der Waals surface area contributed by atoms with Crippen molar-refractivity contribution in [1.82, 2.24) is 9.21 Å². The largest absolute Gasteiger partial charge is 0.330 e. The van der Waals surface area contributed by atoms with Gasteiger partial charge in [-0.1, -0.05) is 74.3 Å². The summed E-state index contributed by atoms with van der Waals surface area (Å²) in [6.07, 6.45) is 3.54. The second-order valence-corrected chi connectivity index (χ2v) is 14.1. The molecule has 208 valence electrons.